The molecule has 2 fully saturated rings. The average Bonchev–Trinajstić information content (AvgIpc) is 2.94. The molecule has 2 saturated heterocycles. The zero-order valence-corrected chi connectivity index (χ0v) is 22.3. The molecule has 2 aliphatic heterocycles. The van der Waals surface area contributed by atoms with Crippen LogP contribution < -0.4 is 10.5 Å². The molecule has 1 N–H and O–H groups in total. The van der Waals surface area contributed by atoms with E-state index >= 15 is 0 Å². The summed E-state index contributed by atoms with van der Waals surface area (Å²) in [5, 5.41) is 12.3. The fourth-order valence-electron chi connectivity index (χ4n) is 5.68. The van der Waals surface area contributed by atoms with Crippen LogP contribution in [0, 0.1) is 0 Å². The molecule has 0 radical (unpaired) electrons. The first kappa shape index (κ1) is 27.5. The van der Waals surface area contributed by atoms with Gasteiger partial charge in [0.25, 0.3) is 17.1 Å². The third-order valence-corrected chi connectivity index (χ3v) is 8.27. The second kappa shape index (κ2) is 10.5. The Morgan fingerprint density at radius 1 is 0.974 bits per heavy atom. The summed E-state index contributed by atoms with van der Waals surface area (Å²) in [4.78, 5) is 31.1. The van der Waals surface area contributed by atoms with Crippen LogP contribution in [0.25, 0.3) is 10.8 Å². The number of hydrogen-bond acceptors (Lipinski definition) is 5. The van der Waals surface area contributed by atoms with E-state index in [0.29, 0.717) is 23.3 Å². The highest BCUT2D eigenvalue weighted by atomic mass is 35.5. The van der Waals surface area contributed by atoms with Crippen LogP contribution in [0.4, 0.5) is 18.9 Å². The normalized spacial score (nSPS) is 19.3. The van der Waals surface area contributed by atoms with E-state index < -0.39 is 23.2 Å². The van der Waals surface area contributed by atoms with Gasteiger partial charge in [0, 0.05) is 69.8 Å². The van der Waals surface area contributed by atoms with E-state index in [4.69, 9.17) is 11.6 Å². The van der Waals surface area contributed by atoms with Crippen molar-refractivity contribution in [3.8, 4) is 0 Å². The molecule has 0 spiro atoms. The highest BCUT2D eigenvalue weighted by Gasteiger charge is 2.62. The van der Waals surface area contributed by atoms with Crippen molar-refractivity contribution in [3.05, 3.63) is 75.7 Å². The number of piperidine rings is 1. The number of carbonyl (C=O) groups is 1. The zero-order valence-electron chi connectivity index (χ0n) is 21.5. The van der Waals surface area contributed by atoms with Gasteiger partial charge >= 0.3 is 6.18 Å². The topological polar surface area (TPSA) is 69.0 Å². The average molecular weight is 563 g/mol. The van der Waals surface area contributed by atoms with Crippen LogP contribution in [0.3, 0.4) is 0 Å². The van der Waals surface area contributed by atoms with Crippen LogP contribution in [0.1, 0.15) is 18.4 Å². The first-order valence-electron chi connectivity index (χ1n) is 12.9. The molecule has 1 aromatic heterocycles. The standard InChI is InChI=1S/C28H30ClF3N4O3/c1-33-10-7-19-17-22(18-23(29)24(19)25(33)37)35-15-13-34(14-16-35)21-8-11-36(12-9-21)26(38)27(39,28(30,31)32)20-5-3-2-4-6-20/h2-7,10,17-18,21,39H,8-9,11-16H2,1H3/t27-/m1/s1. The predicted octanol–water partition coefficient (Wildman–Crippen LogP) is 3.76. The van der Waals surface area contributed by atoms with E-state index in [2.05, 4.69) is 9.80 Å². The summed E-state index contributed by atoms with van der Waals surface area (Å²) in [6.45, 7) is 3.25. The molecule has 2 aliphatic rings. The number of anilines is 1. The molecule has 39 heavy (non-hydrogen) atoms. The van der Waals surface area contributed by atoms with E-state index in [1.54, 1.807) is 13.2 Å². The number of nitrogens with zero attached hydrogens (tertiary/aromatic N) is 4. The summed E-state index contributed by atoms with van der Waals surface area (Å²) in [5.41, 5.74) is -3.25. The molecule has 3 heterocycles. The van der Waals surface area contributed by atoms with Gasteiger partial charge in [-0.3, -0.25) is 14.5 Å². The van der Waals surface area contributed by atoms with Gasteiger partial charge in [0.05, 0.1) is 10.4 Å². The number of amides is 1. The molecule has 0 unspecified atom stereocenters. The molecule has 0 aliphatic carbocycles. The molecular weight excluding hydrogens is 533 g/mol. The lowest BCUT2D eigenvalue weighted by atomic mass is 9.90. The second-order valence-electron chi connectivity index (χ2n) is 10.2. The number of aliphatic hydroxyl groups is 1. The van der Waals surface area contributed by atoms with Crippen LogP contribution >= 0.6 is 11.6 Å². The van der Waals surface area contributed by atoms with Gasteiger partial charge in [-0.15, -0.1) is 0 Å². The van der Waals surface area contributed by atoms with Crippen LogP contribution in [0.5, 0.6) is 0 Å². The smallest absolute Gasteiger partial charge is 0.369 e. The van der Waals surface area contributed by atoms with Crippen molar-refractivity contribution in [2.45, 2.75) is 30.7 Å². The molecule has 1 amide bonds. The van der Waals surface area contributed by atoms with E-state index in [1.807, 2.05) is 18.2 Å². The Morgan fingerprint density at radius 3 is 2.23 bits per heavy atom. The maximum absolute atomic E-state index is 14.0. The minimum atomic E-state index is -5.14. The maximum Gasteiger partial charge on any atom is 0.430 e. The van der Waals surface area contributed by atoms with Gasteiger partial charge in [-0.1, -0.05) is 41.9 Å². The number of aryl methyl sites for hydroxylation is 1. The molecule has 5 rings (SSSR count). The summed E-state index contributed by atoms with van der Waals surface area (Å²) < 4.78 is 43.4. The van der Waals surface area contributed by atoms with Crippen molar-refractivity contribution in [2.24, 2.45) is 7.05 Å². The third kappa shape index (κ3) is 5.01. The van der Waals surface area contributed by atoms with Crippen molar-refractivity contribution < 1.29 is 23.1 Å². The lowest BCUT2D eigenvalue weighted by Gasteiger charge is -2.44. The number of fused-ring (bicyclic) bond motifs is 1. The third-order valence-electron chi connectivity index (χ3n) is 7.98. The Balaban J connectivity index is 1.21. The van der Waals surface area contributed by atoms with Gasteiger partial charge in [-0.2, -0.15) is 13.2 Å². The van der Waals surface area contributed by atoms with Gasteiger partial charge in [0.15, 0.2) is 0 Å². The molecule has 11 heteroatoms. The quantitative estimate of drug-likeness (QED) is 0.525. The summed E-state index contributed by atoms with van der Waals surface area (Å²) in [6, 6.07) is 12.3. The van der Waals surface area contributed by atoms with E-state index in [-0.39, 0.29) is 24.7 Å². The summed E-state index contributed by atoms with van der Waals surface area (Å²) >= 11 is 6.48. The van der Waals surface area contributed by atoms with Gasteiger partial charge in [0.2, 0.25) is 0 Å². The molecule has 208 valence electrons. The van der Waals surface area contributed by atoms with Crippen molar-refractivity contribution in [2.75, 3.05) is 44.2 Å². The fraction of sp³-hybridized carbons (Fsp3) is 0.429. The van der Waals surface area contributed by atoms with E-state index in [1.165, 1.54) is 22.8 Å². The number of alkyl halides is 3. The molecule has 2 aromatic carbocycles. The van der Waals surface area contributed by atoms with Gasteiger partial charge in [0.1, 0.15) is 0 Å². The van der Waals surface area contributed by atoms with Crippen molar-refractivity contribution in [1.29, 1.82) is 0 Å². The summed E-state index contributed by atoms with van der Waals surface area (Å²) in [6.07, 6.45) is -2.37. The molecule has 3 aromatic rings. The first-order valence-corrected chi connectivity index (χ1v) is 13.3. The Hall–Kier alpha value is -3.08. The van der Waals surface area contributed by atoms with Crippen molar-refractivity contribution in [3.63, 3.8) is 0 Å². The minimum absolute atomic E-state index is 0.134. The molecule has 1 atom stereocenters. The molecule has 0 bridgehead atoms. The number of rotatable bonds is 4. The molecule has 0 saturated carbocycles. The second-order valence-corrected chi connectivity index (χ2v) is 10.7. The summed E-state index contributed by atoms with van der Waals surface area (Å²) in [5.74, 6) is -1.33. The lowest BCUT2D eigenvalue weighted by Crippen LogP contribution is -2.59. The lowest BCUT2D eigenvalue weighted by molar-refractivity contribution is -0.262. The van der Waals surface area contributed by atoms with E-state index in [0.717, 1.165) is 54.3 Å². The number of piperazine rings is 1. The maximum atomic E-state index is 14.0. The Bertz CT molecular complexity index is 1420. The molecule has 7 nitrogen and oxygen atoms in total. The number of halogens is 4. The van der Waals surface area contributed by atoms with Crippen molar-refractivity contribution in [1.82, 2.24) is 14.4 Å². The van der Waals surface area contributed by atoms with Crippen LogP contribution in [-0.2, 0) is 17.4 Å². The van der Waals surface area contributed by atoms with Gasteiger partial charge in [-0.05, 0) is 36.4 Å². The molecular formula is C28H30ClF3N4O3. The zero-order chi connectivity index (χ0) is 27.9. The Labute approximate surface area is 229 Å². The van der Waals surface area contributed by atoms with Crippen molar-refractivity contribution >= 4 is 34.0 Å². The number of hydrogen-bond donors (Lipinski definition) is 1. The Morgan fingerprint density at radius 2 is 1.62 bits per heavy atom. The fourth-order valence-corrected chi connectivity index (χ4v) is 5.99. The minimum Gasteiger partial charge on any atom is -0.369 e. The SMILES string of the molecule is Cn1ccc2cc(N3CCN(C4CCN(C(=O)[C@](O)(c5ccccc5)C(F)(F)F)CC4)CC3)cc(Cl)c2c1=O. The van der Waals surface area contributed by atoms with Gasteiger partial charge in [-0.25, -0.2) is 0 Å². The monoisotopic (exact) mass is 562 g/mol. The van der Waals surface area contributed by atoms with Crippen LogP contribution in [0.2, 0.25) is 5.02 Å². The number of carbonyl (C=O) groups excluding carboxylic acids is 1. The van der Waals surface area contributed by atoms with Crippen LogP contribution in [-0.4, -0.2) is 76.9 Å². The van der Waals surface area contributed by atoms with Gasteiger partial charge < -0.3 is 19.5 Å². The van der Waals surface area contributed by atoms with Crippen LogP contribution in [0.15, 0.2) is 59.5 Å². The predicted molar refractivity (Wildman–Crippen MR) is 144 cm³/mol. The number of aromatic nitrogens is 1. The number of benzene rings is 2. The first-order chi connectivity index (χ1) is 18.5. The number of pyridine rings is 1. The highest BCUT2D eigenvalue weighted by Crippen LogP contribution is 2.41. The highest BCUT2D eigenvalue weighted by molar-refractivity contribution is 6.35. The summed E-state index contributed by atoms with van der Waals surface area (Å²) in [7, 11) is 1.69. The van der Waals surface area contributed by atoms with E-state index in [9.17, 15) is 27.9 Å². The largest absolute Gasteiger partial charge is 0.430 e. The number of likely N-dealkylation sites (tertiary alicyclic amines) is 1. The Kier molecular flexibility index (Phi) is 7.39.